The number of aryl methyl sites for hydroxylation is 1. The van der Waals surface area contributed by atoms with Crippen molar-refractivity contribution in [2.45, 2.75) is 33.0 Å². The molecular weight excluding hydrogens is 280 g/mol. The zero-order valence-electron chi connectivity index (χ0n) is 11.2. The van der Waals surface area contributed by atoms with Gasteiger partial charge in [-0.1, -0.05) is 23.7 Å². The number of rotatable bonds is 4. The molecule has 4 heteroatoms. The fourth-order valence-electron chi connectivity index (χ4n) is 1.82. The fourth-order valence-corrected chi connectivity index (χ4v) is 3.12. The van der Waals surface area contributed by atoms with Crippen molar-refractivity contribution in [2.24, 2.45) is 0 Å². The molecule has 0 amide bonds. The van der Waals surface area contributed by atoms with Gasteiger partial charge in [0.2, 0.25) is 0 Å². The highest BCUT2D eigenvalue weighted by molar-refractivity contribution is 7.10. The molecule has 0 aliphatic rings. The maximum Gasteiger partial charge on any atom is 0.120 e. The number of ether oxygens (including phenoxy) is 1. The van der Waals surface area contributed by atoms with Crippen molar-refractivity contribution in [3.05, 3.63) is 50.7 Å². The Morgan fingerprint density at radius 3 is 2.63 bits per heavy atom. The lowest BCUT2D eigenvalue weighted by molar-refractivity contribution is 0.220. The van der Waals surface area contributed by atoms with Gasteiger partial charge in [-0.25, -0.2) is 0 Å². The van der Waals surface area contributed by atoms with E-state index in [0.29, 0.717) is 5.02 Å². The van der Waals surface area contributed by atoms with Crippen molar-refractivity contribution in [1.82, 2.24) is 0 Å². The van der Waals surface area contributed by atoms with Crippen molar-refractivity contribution in [2.75, 3.05) is 0 Å². The molecule has 1 aromatic heterocycles. The van der Waals surface area contributed by atoms with Gasteiger partial charge in [0.25, 0.3) is 0 Å². The summed E-state index contributed by atoms with van der Waals surface area (Å²) in [5, 5.41) is 13.0. The molecular formula is C15H17ClO2S. The van der Waals surface area contributed by atoms with E-state index in [1.165, 1.54) is 11.3 Å². The Labute approximate surface area is 122 Å². The van der Waals surface area contributed by atoms with Crippen molar-refractivity contribution in [3.63, 3.8) is 0 Å². The van der Waals surface area contributed by atoms with Crippen LogP contribution in [0.2, 0.25) is 5.02 Å². The average Bonchev–Trinajstić information content (AvgIpc) is 2.69. The van der Waals surface area contributed by atoms with Gasteiger partial charge in [-0.15, -0.1) is 11.3 Å². The zero-order valence-corrected chi connectivity index (χ0v) is 12.8. The van der Waals surface area contributed by atoms with Crippen LogP contribution in [-0.2, 0) is 0 Å². The van der Waals surface area contributed by atoms with Gasteiger partial charge < -0.3 is 9.84 Å². The predicted octanol–water partition coefficient (Wildman–Crippen LogP) is 4.58. The Bertz CT molecular complexity index is 563. The molecule has 0 fully saturated rings. The molecule has 1 atom stereocenters. The van der Waals surface area contributed by atoms with Gasteiger partial charge in [-0.2, -0.15) is 0 Å². The molecule has 0 spiro atoms. The molecule has 0 aliphatic carbocycles. The smallest absolute Gasteiger partial charge is 0.120 e. The molecule has 0 radical (unpaired) electrons. The SMILES string of the molecule is Cc1csc(C(O)c2cccc(OC(C)C)c2)c1Cl. The molecule has 1 aromatic carbocycles. The van der Waals surface area contributed by atoms with Crippen LogP contribution in [0.5, 0.6) is 5.75 Å². The van der Waals surface area contributed by atoms with Gasteiger partial charge in [0.1, 0.15) is 11.9 Å². The lowest BCUT2D eigenvalue weighted by atomic mass is 10.1. The van der Waals surface area contributed by atoms with E-state index in [1.807, 2.05) is 50.4 Å². The van der Waals surface area contributed by atoms with E-state index < -0.39 is 6.10 Å². The molecule has 19 heavy (non-hydrogen) atoms. The van der Waals surface area contributed by atoms with Crippen molar-refractivity contribution in [1.29, 1.82) is 0 Å². The number of aliphatic hydroxyl groups is 1. The number of aliphatic hydroxyl groups excluding tert-OH is 1. The second-order valence-corrected chi connectivity index (χ2v) is 6.03. The van der Waals surface area contributed by atoms with Gasteiger partial charge in [-0.3, -0.25) is 0 Å². The second kappa shape index (κ2) is 5.95. The Balaban J connectivity index is 2.28. The van der Waals surface area contributed by atoms with Crippen molar-refractivity contribution >= 4 is 22.9 Å². The molecule has 1 unspecified atom stereocenters. The summed E-state index contributed by atoms with van der Waals surface area (Å²) in [5.41, 5.74) is 1.79. The zero-order chi connectivity index (χ0) is 14.0. The first kappa shape index (κ1) is 14.4. The van der Waals surface area contributed by atoms with Crippen LogP contribution in [0.3, 0.4) is 0 Å². The van der Waals surface area contributed by atoms with Gasteiger partial charge in [0.05, 0.1) is 16.0 Å². The molecule has 102 valence electrons. The van der Waals surface area contributed by atoms with Crippen LogP contribution in [0, 0.1) is 6.92 Å². The average molecular weight is 297 g/mol. The van der Waals surface area contributed by atoms with E-state index in [1.54, 1.807) is 0 Å². The highest BCUT2D eigenvalue weighted by Gasteiger charge is 2.17. The Hall–Kier alpha value is -1.03. The van der Waals surface area contributed by atoms with E-state index >= 15 is 0 Å². The maximum absolute atomic E-state index is 10.4. The first-order chi connectivity index (χ1) is 8.99. The minimum atomic E-state index is -0.707. The summed E-state index contributed by atoms with van der Waals surface area (Å²) in [4.78, 5) is 0.779. The van der Waals surface area contributed by atoms with E-state index in [9.17, 15) is 5.11 Å². The lowest BCUT2D eigenvalue weighted by Gasteiger charge is -2.14. The predicted molar refractivity (Wildman–Crippen MR) is 80.3 cm³/mol. The minimum Gasteiger partial charge on any atom is -0.491 e. The summed E-state index contributed by atoms with van der Waals surface area (Å²) in [7, 11) is 0. The summed E-state index contributed by atoms with van der Waals surface area (Å²) < 4.78 is 5.64. The Morgan fingerprint density at radius 2 is 2.05 bits per heavy atom. The van der Waals surface area contributed by atoms with Crippen LogP contribution in [-0.4, -0.2) is 11.2 Å². The topological polar surface area (TPSA) is 29.5 Å². The third kappa shape index (κ3) is 3.30. The van der Waals surface area contributed by atoms with Crippen LogP contribution in [0.4, 0.5) is 0 Å². The third-order valence-electron chi connectivity index (χ3n) is 2.72. The molecule has 0 saturated heterocycles. The van der Waals surface area contributed by atoms with Gasteiger partial charge in [0.15, 0.2) is 0 Å². The molecule has 2 nitrogen and oxygen atoms in total. The summed E-state index contributed by atoms with van der Waals surface area (Å²) in [6, 6.07) is 7.50. The van der Waals surface area contributed by atoms with Crippen molar-refractivity contribution in [3.8, 4) is 5.75 Å². The maximum atomic E-state index is 10.4. The lowest BCUT2D eigenvalue weighted by Crippen LogP contribution is -2.06. The molecule has 0 saturated carbocycles. The summed E-state index contributed by atoms with van der Waals surface area (Å²) in [6.07, 6.45) is -0.595. The van der Waals surface area contributed by atoms with Crippen LogP contribution in [0.15, 0.2) is 29.6 Å². The first-order valence-corrected chi connectivity index (χ1v) is 7.43. The molecule has 0 aliphatic heterocycles. The summed E-state index contributed by atoms with van der Waals surface area (Å²) in [5.74, 6) is 0.760. The van der Waals surface area contributed by atoms with Crippen LogP contribution in [0.1, 0.15) is 36.0 Å². The standard InChI is InChI=1S/C15H17ClO2S/c1-9(2)18-12-6-4-5-11(7-12)14(17)15-13(16)10(3)8-19-15/h4-9,14,17H,1-3H3. The highest BCUT2D eigenvalue weighted by Crippen LogP contribution is 2.36. The van der Waals surface area contributed by atoms with E-state index in [-0.39, 0.29) is 6.10 Å². The number of thiophene rings is 1. The number of hydrogen-bond donors (Lipinski definition) is 1. The Morgan fingerprint density at radius 1 is 1.32 bits per heavy atom. The monoisotopic (exact) mass is 296 g/mol. The third-order valence-corrected chi connectivity index (χ3v) is 4.49. The normalized spacial score (nSPS) is 12.7. The fraction of sp³-hybridized carbons (Fsp3) is 0.333. The van der Waals surface area contributed by atoms with Crippen LogP contribution < -0.4 is 4.74 Å². The summed E-state index contributed by atoms with van der Waals surface area (Å²) >= 11 is 7.67. The van der Waals surface area contributed by atoms with Crippen LogP contribution >= 0.6 is 22.9 Å². The first-order valence-electron chi connectivity index (χ1n) is 6.17. The highest BCUT2D eigenvalue weighted by atomic mass is 35.5. The van der Waals surface area contributed by atoms with E-state index in [0.717, 1.165) is 21.8 Å². The van der Waals surface area contributed by atoms with Gasteiger partial charge >= 0.3 is 0 Å². The van der Waals surface area contributed by atoms with Gasteiger partial charge in [-0.05, 0) is 49.4 Å². The van der Waals surface area contributed by atoms with Crippen LogP contribution in [0.25, 0.3) is 0 Å². The molecule has 1 heterocycles. The number of benzene rings is 1. The Kier molecular flexibility index (Phi) is 4.50. The molecule has 1 N–H and O–H groups in total. The largest absolute Gasteiger partial charge is 0.491 e. The quantitative estimate of drug-likeness (QED) is 0.895. The second-order valence-electron chi connectivity index (χ2n) is 4.74. The molecule has 0 bridgehead atoms. The summed E-state index contributed by atoms with van der Waals surface area (Å²) in [6.45, 7) is 5.89. The van der Waals surface area contributed by atoms with E-state index in [4.69, 9.17) is 16.3 Å². The molecule has 2 aromatic rings. The minimum absolute atomic E-state index is 0.111. The van der Waals surface area contributed by atoms with Gasteiger partial charge in [0, 0.05) is 0 Å². The number of hydrogen-bond acceptors (Lipinski definition) is 3. The number of halogens is 1. The van der Waals surface area contributed by atoms with Crippen molar-refractivity contribution < 1.29 is 9.84 Å². The molecule has 2 rings (SSSR count). The van der Waals surface area contributed by atoms with E-state index in [2.05, 4.69) is 0 Å².